The summed E-state index contributed by atoms with van der Waals surface area (Å²) in [6, 6.07) is 11.6. The molecule has 0 spiro atoms. The number of nitrogen functional groups attached to an aromatic ring is 1. The molecule has 1 atom stereocenters. The summed E-state index contributed by atoms with van der Waals surface area (Å²) in [5, 5.41) is 9.02. The molecule has 0 aliphatic carbocycles. The van der Waals surface area contributed by atoms with Crippen LogP contribution in [-0.4, -0.2) is 31.8 Å². The van der Waals surface area contributed by atoms with Gasteiger partial charge < -0.3 is 10.8 Å². The number of rotatable bonds is 13. The van der Waals surface area contributed by atoms with Crippen molar-refractivity contribution < 1.29 is 14.7 Å². The van der Waals surface area contributed by atoms with E-state index in [-0.39, 0.29) is 23.9 Å². The predicted molar refractivity (Wildman–Crippen MR) is 192 cm³/mol. The molecule has 0 radical (unpaired) electrons. The maximum atomic E-state index is 13.5. The first-order chi connectivity index (χ1) is 21.8. The SMILES string of the molecule is CC.CC/C=C(\c1nc(C)c([C@@](C)(C(=O)CC)c2ccc(CCC(=O)O)cc2)c(N)n1)c1ccc(C)nc1C(C)C.CCCCC. The number of nitrogens with zero attached hydrogens (tertiary/aromatic N) is 3. The van der Waals surface area contributed by atoms with E-state index in [0.717, 1.165) is 40.1 Å². The molecule has 0 unspecified atom stereocenters. The van der Waals surface area contributed by atoms with Crippen LogP contribution in [0.15, 0.2) is 42.5 Å². The van der Waals surface area contributed by atoms with Gasteiger partial charge in [0.05, 0.1) is 11.1 Å². The lowest BCUT2D eigenvalue weighted by Gasteiger charge is -2.31. The van der Waals surface area contributed by atoms with Crippen LogP contribution in [0.1, 0.15) is 152 Å². The summed E-state index contributed by atoms with van der Waals surface area (Å²) in [5.41, 5.74) is 12.3. The summed E-state index contributed by atoms with van der Waals surface area (Å²) in [6.45, 7) is 22.3. The molecule has 0 aliphatic heterocycles. The number of allylic oxidation sites excluding steroid dienone is 1. The van der Waals surface area contributed by atoms with Crippen LogP contribution in [-0.2, 0) is 21.4 Å². The van der Waals surface area contributed by atoms with E-state index in [0.29, 0.717) is 29.9 Å². The number of ketones is 1. The second-order valence-corrected chi connectivity index (χ2v) is 11.8. The molecule has 0 aliphatic rings. The largest absolute Gasteiger partial charge is 0.481 e. The van der Waals surface area contributed by atoms with Crippen molar-refractivity contribution in [3.8, 4) is 0 Å². The van der Waals surface area contributed by atoms with Crippen LogP contribution in [0.3, 0.4) is 0 Å². The first kappa shape index (κ1) is 40.2. The minimum Gasteiger partial charge on any atom is -0.481 e. The van der Waals surface area contributed by atoms with Crippen molar-refractivity contribution in [2.45, 2.75) is 132 Å². The maximum absolute atomic E-state index is 13.5. The lowest BCUT2D eigenvalue weighted by molar-refractivity contribution is -0.137. The zero-order valence-corrected chi connectivity index (χ0v) is 30.3. The van der Waals surface area contributed by atoms with Crippen molar-refractivity contribution in [3.63, 3.8) is 0 Å². The third-order valence-corrected chi connectivity index (χ3v) is 7.91. The molecule has 2 heterocycles. The Morgan fingerprint density at radius 3 is 2.00 bits per heavy atom. The average Bonchev–Trinajstić information content (AvgIpc) is 3.03. The van der Waals surface area contributed by atoms with Crippen molar-refractivity contribution in [2.24, 2.45) is 0 Å². The Morgan fingerprint density at radius 2 is 1.54 bits per heavy atom. The van der Waals surface area contributed by atoms with Crippen molar-refractivity contribution >= 4 is 23.1 Å². The fourth-order valence-corrected chi connectivity index (χ4v) is 5.51. The molecule has 46 heavy (non-hydrogen) atoms. The number of unbranched alkanes of at least 4 members (excludes halogenated alkanes) is 2. The summed E-state index contributed by atoms with van der Waals surface area (Å²) < 4.78 is 0. The second kappa shape index (κ2) is 19.6. The van der Waals surface area contributed by atoms with E-state index in [4.69, 9.17) is 25.8 Å². The summed E-state index contributed by atoms with van der Waals surface area (Å²) in [7, 11) is 0. The lowest BCUT2D eigenvalue weighted by Crippen LogP contribution is -2.36. The molecule has 1 aromatic carbocycles. The molecule has 0 fully saturated rings. The number of Topliss-reactive ketones (excluding diaryl/α,β-unsaturated/α-hetero) is 1. The number of hydrogen-bond acceptors (Lipinski definition) is 6. The van der Waals surface area contributed by atoms with E-state index < -0.39 is 11.4 Å². The highest BCUT2D eigenvalue weighted by Crippen LogP contribution is 2.39. The number of carboxylic acids is 1. The lowest BCUT2D eigenvalue weighted by atomic mass is 9.71. The Balaban J connectivity index is 0.00000137. The Labute approximate surface area is 278 Å². The number of aromatic nitrogens is 3. The molecule has 3 N–H and O–H groups in total. The Morgan fingerprint density at radius 1 is 0.935 bits per heavy atom. The molecule has 3 rings (SSSR count). The van der Waals surface area contributed by atoms with E-state index in [1.54, 1.807) is 0 Å². The standard InChI is InChI=1S/C32H40N4O3.C5H12.C2H6/c1-8-10-25(24-17-11-20(5)34-29(24)19(3)4)31-35-21(6)28(30(33)36-31)32(7,26(37)9-2)23-15-12-22(13-16-23)14-18-27(38)39;1-3-5-4-2;1-2/h10-13,15-17,19H,8-9,14,18H2,1-7H3,(H,38,39)(H2,33,35,36);3-5H2,1-2H3;1-2H3/b25-10-;;/t32-;;/m1../s1. The zero-order chi connectivity index (χ0) is 35.0. The highest BCUT2D eigenvalue weighted by atomic mass is 16.4. The zero-order valence-electron chi connectivity index (χ0n) is 30.3. The topological polar surface area (TPSA) is 119 Å². The number of benzene rings is 1. The number of nitrogens with two attached hydrogens (primary N) is 1. The number of aryl methyl sites for hydroxylation is 3. The molecule has 7 nitrogen and oxygen atoms in total. The maximum Gasteiger partial charge on any atom is 0.303 e. The van der Waals surface area contributed by atoms with Gasteiger partial charge in [0.15, 0.2) is 5.82 Å². The molecule has 0 bridgehead atoms. The van der Waals surface area contributed by atoms with Crippen LogP contribution in [0.4, 0.5) is 5.82 Å². The summed E-state index contributed by atoms with van der Waals surface area (Å²) in [4.78, 5) is 39.0. The molecule has 0 amide bonds. The van der Waals surface area contributed by atoms with Gasteiger partial charge in [-0.3, -0.25) is 14.6 Å². The van der Waals surface area contributed by atoms with Crippen LogP contribution >= 0.6 is 0 Å². The fraction of sp³-hybridized carbons (Fsp3) is 0.513. The fourth-order valence-electron chi connectivity index (χ4n) is 5.51. The highest BCUT2D eigenvalue weighted by molar-refractivity contribution is 5.95. The Hall–Kier alpha value is -3.87. The predicted octanol–water partition coefficient (Wildman–Crippen LogP) is 9.56. The number of pyridine rings is 1. The molecule has 7 heteroatoms. The van der Waals surface area contributed by atoms with Crippen LogP contribution in [0, 0.1) is 13.8 Å². The number of anilines is 1. The van der Waals surface area contributed by atoms with E-state index in [2.05, 4.69) is 46.8 Å². The van der Waals surface area contributed by atoms with Gasteiger partial charge in [0, 0.05) is 40.9 Å². The van der Waals surface area contributed by atoms with Gasteiger partial charge >= 0.3 is 5.97 Å². The van der Waals surface area contributed by atoms with Gasteiger partial charge in [-0.2, -0.15) is 0 Å². The van der Waals surface area contributed by atoms with Gasteiger partial charge in [0.1, 0.15) is 11.6 Å². The third kappa shape index (κ3) is 10.3. The van der Waals surface area contributed by atoms with E-state index >= 15 is 0 Å². The molecule has 2 aromatic heterocycles. The average molecular weight is 631 g/mol. The first-order valence-corrected chi connectivity index (χ1v) is 17.0. The smallest absolute Gasteiger partial charge is 0.303 e. The van der Waals surface area contributed by atoms with Crippen LogP contribution in [0.5, 0.6) is 0 Å². The summed E-state index contributed by atoms with van der Waals surface area (Å²) in [5.74, 6) is 0.149. The van der Waals surface area contributed by atoms with Gasteiger partial charge in [0.2, 0.25) is 0 Å². The van der Waals surface area contributed by atoms with Gasteiger partial charge in [-0.25, -0.2) is 9.97 Å². The molecular weight excluding hydrogens is 572 g/mol. The monoisotopic (exact) mass is 630 g/mol. The molecule has 3 aromatic rings. The molecule has 0 saturated carbocycles. The van der Waals surface area contributed by atoms with Gasteiger partial charge in [0.25, 0.3) is 0 Å². The molecule has 252 valence electrons. The molecule has 0 saturated heterocycles. The molecular formula is C39H58N4O3. The number of carboxylic acid groups (broad SMARTS) is 1. The first-order valence-electron chi connectivity index (χ1n) is 17.0. The van der Waals surface area contributed by atoms with Crippen LogP contribution in [0.25, 0.3) is 5.57 Å². The minimum atomic E-state index is -1.06. The quantitative estimate of drug-likeness (QED) is 0.193. The third-order valence-electron chi connectivity index (χ3n) is 7.91. The van der Waals surface area contributed by atoms with Crippen molar-refractivity contribution in [3.05, 3.63) is 87.6 Å². The number of carbonyl (C=O) groups is 2. The van der Waals surface area contributed by atoms with E-state index in [9.17, 15) is 9.59 Å². The van der Waals surface area contributed by atoms with E-state index in [1.165, 1.54) is 19.3 Å². The number of aliphatic carboxylic acids is 1. The van der Waals surface area contributed by atoms with Gasteiger partial charge in [-0.1, -0.05) is 111 Å². The van der Waals surface area contributed by atoms with Crippen LogP contribution in [0.2, 0.25) is 0 Å². The van der Waals surface area contributed by atoms with Gasteiger partial charge in [-0.05, 0) is 56.7 Å². The normalized spacial score (nSPS) is 12.4. The second-order valence-electron chi connectivity index (χ2n) is 11.8. The summed E-state index contributed by atoms with van der Waals surface area (Å²) >= 11 is 0. The van der Waals surface area contributed by atoms with E-state index in [1.807, 2.05) is 71.9 Å². The minimum absolute atomic E-state index is 0.00101. The number of carbonyl (C=O) groups excluding carboxylic acids is 1. The van der Waals surface area contributed by atoms with Crippen molar-refractivity contribution in [1.29, 1.82) is 0 Å². The number of hydrogen-bond donors (Lipinski definition) is 2. The van der Waals surface area contributed by atoms with Crippen molar-refractivity contribution in [1.82, 2.24) is 15.0 Å². The van der Waals surface area contributed by atoms with Crippen LogP contribution < -0.4 is 5.73 Å². The van der Waals surface area contributed by atoms with Gasteiger partial charge in [-0.15, -0.1) is 0 Å². The van der Waals surface area contributed by atoms with Crippen molar-refractivity contribution in [2.75, 3.05) is 5.73 Å². The summed E-state index contributed by atoms with van der Waals surface area (Å²) in [6.07, 6.45) is 7.74. The Bertz CT molecular complexity index is 1420. The Kier molecular flexibility index (Phi) is 17.1. The highest BCUT2D eigenvalue weighted by Gasteiger charge is 2.40.